The van der Waals surface area contributed by atoms with E-state index in [9.17, 15) is 26.3 Å². The summed E-state index contributed by atoms with van der Waals surface area (Å²) in [5.74, 6) is -4.94. The predicted octanol–water partition coefficient (Wildman–Crippen LogP) is 3.35. The zero-order valence-electron chi connectivity index (χ0n) is 15.8. The Morgan fingerprint density at radius 2 is 1.94 bits per heavy atom. The number of H-pyrrole nitrogens is 1. The van der Waals surface area contributed by atoms with Crippen LogP contribution in [0.25, 0.3) is 0 Å². The van der Waals surface area contributed by atoms with E-state index in [2.05, 4.69) is 15.1 Å². The first-order chi connectivity index (χ1) is 14.5. The summed E-state index contributed by atoms with van der Waals surface area (Å²) in [7, 11) is 0. The second-order valence-corrected chi connectivity index (χ2v) is 8.35. The van der Waals surface area contributed by atoms with Gasteiger partial charge in [0, 0.05) is 53.4 Å². The maximum absolute atomic E-state index is 14.0. The van der Waals surface area contributed by atoms with E-state index in [1.54, 1.807) is 0 Å². The van der Waals surface area contributed by atoms with Gasteiger partial charge in [0.15, 0.2) is 11.6 Å². The summed E-state index contributed by atoms with van der Waals surface area (Å²) in [6.07, 6.45) is -2.59. The van der Waals surface area contributed by atoms with Crippen molar-refractivity contribution < 1.29 is 36.2 Å². The van der Waals surface area contributed by atoms with Gasteiger partial charge in [0.2, 0.25) is 0 Å². The van der Waals surface area contributed by atoms with E-state index in [1.807, 2.05) is 6.20 Å². The molecule has 4 rings (SSSR count). The molecule has 0 saturated carbocycles. The maximum Gasteiger partial charge on any atom is 0.490 e. The minimum Gasteiger partial charge on any atom is -0.475 e. The Morgan fingerprint density at radius 3 is 2.52 bits per heavy atom. The van der Waals surface area contributed by atoms with Crippen LogP contribution in [-0.4, -0.2) is 50.2 Å². The maximum atomic E-state index is 14.0. The number of aliphatic carboxylic acids is 1. The minimum atomic E-state index is -5.08. The van der Waals surface area contributed by atoms with Gasteiger partial charge in [-0.1, -0.05) is 0 Å². The second kappa shape index (κ2) is 9.09. The van der Waals surface area contributed by atoms with Crippen LogP contribution in [0.1, 0.15) is 28.5 Å². The predicted molar refractivity (Wildman–Crippen MR) is 99.4 cm³/mol. The molecule has 3 heterocycles. The van der Waals surface area contributed by atoms with Crippen molar-refractivity contribution in [1.82, 2.24) is 15.1 Å². The third-order valence-corrected chi connectivity index (χ3v) is 6.57. The van der Waals surface area contributed by atoms with Gasteiger partial charge in [0.25, 0.3) is 0 Å². The Labute approximate surface area is 176 Å². The van der Waals surface area contributed by atoms with Crippen molar-refractivity contribution in [3.8, 4) is 0 Å². The number of nitrogens with one attached hydrogen (secondary N) is 1. The number of aromatic nitrogens is 2. The number of nitrogens with zero attached hydrogens (tertiary/aromatic N) is 2. The Bertz CT molecular complexity index is 933. The number of aromatic amines is 1. The summed E-state index contributed by atoms with van der Waals surface area (Å²) in [6.45, 7) is 1.61. The van der Waals surface area contributed by atoms with E-state index in [0.29, 0.717) is 12.5 Å². The van der Waals surface area contributed by atoms with E-state index >= 15 is 0 Å². The molecule has 3 atom stereocenters. The molecular weight excluding hydrogens is 450 g/mol. The Balaban J connectivity index is 0.000000339. The van der Waals surface area contributed by atoms with Gasteiger partial charge < -0.3 is 10.8 Å². The van der Waals surface area contributed by atoms with E-state index in [-0.39, 0.29) is 17.6 Å². The van der Waals surface area contributed by atoms with Crippen LogP contribution < -0.4 is 5.73 Å². The summed E-state index contributed by atoms with van der Waals surface area (Å²) < 4.78 is 72.7. The molecule has 1 aromatic carbocycles. The normalized spacial score (nSPS) is 23.8. The topological polar surface area (TPSA) is 95.2 Å². The van der Waals surface area contributed by atoms with Crippen LogP contribution >= 0.6 is 11.8 Å². The highest BCUT2D eigenvalue weighted by molar-refractivity contribution is 7.99. The van der Waals surface area contributed by atoms with Crippen molar-refractivity contribution in [1.29, 1.82) is 0 Å². The van der Waals surface area contributed by atoms with Crippen LogP contribution in [0.5, 0.6) is 0 Å². The molecule has 1 saturated heterocycles. The molecule has 0 aliphatic carbocycles. The molecule has 0 spiro atoms. The molecule has 0 amide bonds. The standard InChI is InChI=1S/C16H17F3N4S.C2HF3O2/c17-9-1-11(15(19)12(18)2-9)16-13(20)3-10(7-24-16)23-5-8-4-21-22-14(8)6-23;3-2(4,5)1(6)7/h1-2,4,10,13,16H,3,5-7,20H2,(H,21,22);(H,6,7)/t10-,13+,16-;/m1./s1. The summed E-state index contributed by atoms with van der Waals surface area (Å²) in [6, 6.07) is 1.51. The number of thioether (sulfide) groups is 1. The van der Waals surface area contributed by atoms with Crippen LogP contribution in [0.15, 0.2) is 18.3 Å². The molecule has 1 aromatic heterocycles. The number of carboxylic acids is 1. The van der Waals surface area contributed by atoms with Crippen molar-refractivity contribution in [3.05, 3.63) is 52.6 Å². The number of carbonyl (C=O) groups is 1. The molecule has 4 N–H and O–H groups in total. The van der Waals surface area contributed by atoms with Gasteiger partial charge in [0.05, 0.1) is 11.9 Å². The van der Waals surface area contributed by atoms with Gasteiger partial charge in [-0.05, 0) is 12.5 Å². The van der Waals surface area contributed by atoms with Crippen molar-refractivity contribution >= 4 is 17.7 Å². The first-order valence-corrected chi connectivity index (χ1v) is 10.1. The van der Waals surface area contributed by atoms with Crippen molar-refractivity contribution in [3.63, 3.8) is 0 Å². The molecule has 31 heavy (non-hydrogen) atoms. The number of benzene rings is 1. The summed E-state index contributed by atoms with van der Waals surface area (Å²) >= 11 is 1.47. The lowest BCUT2D eigenvalue weighted by molar-refractivity contribution is -0.192. The number of carboxylic acid groups (broad SMARTS) is 1. The minimum absolute atomic E-state index is 0.0271. The van der Waals surface area contributed by atoms with Gasteiger partial charge in [-0.3, -0.25) is 10.00 Å². The molecule has 0 unspecified atom stereocenters. The lowest BCUT2D eigenvalue weighted by Crippen LogP contribution is -2.44. The number of hydrogen-bond donors (Lipinski definition) is 3. The number of halogens is 6. The van der Waals surface area contributed by atoms with Gasteiger partial charge in [0.1, 0.15) is 5.82 Å². The summed E-state index contributed by atoms with van der Waals surface area (Å²) in [5.41, 5.74) is 8.57. The van der Waals surface area contributed by atoms with Gasteiger partial charge in [-0.25, -0.2) is 18.0 Å². The van der Waals surface area contributed by atoms with Crippen LogP contribution in [0, 0.1) is 17.5 Å². The highest BCUT2D eigenvalue weighted by atomic mass is 32.2. The zero-order chi connectivity index (χ0) is 22.9. The fourth-order valence-electron chi connectivity index (χ4n) is 3.55. The number of alkyl halides is 3. The smallest absolute Gasteiger partial charge is 0.475 e. The molecular formula is C18H18F6N4O2S. The zero-order valence-corrected chi connectivity index (χ0v) is 16.6. The quantitative estimate of drug-likeness (QED) is 0.462. The van der Waals surface area contributed by atoms with Crippen LogP contribution in [0.2, 0.25) is 0 Å². The Morgan fingerprint density at radius 1 is 1.26 bits per heavy atom. The lowest BCUT2D eigenvalue weighted by Gasteiger charge is -2.38. The average Bonchev–Trinajstić information content (AvgIpc) is 3.26. The van der Waals surface area contributed by atoms with Crippen molar-refractivity contribution in [2.24, 2.45) is 5.73 Å². The number of rotatable bonds is 2. The largest absolute Gasteiger partial charge is 0.490 e. The van der Waals surface area contributed by atoms with Crippen molar-refractivity contribution in [2.45, 2.75) is 43.0 Å². The fraction of sp³-hybridized carbons (Fsp3) is 0.444. The monoisotopic (exact) mass is 468 g/mol. The molecule has 2 aliphatic heterocycles. The highest BCUT2D eigenvalue weighted by Crippen LogP contribution is 2.42. The van der Waals surface area contributed by atoms with E-state index < -0.39 is 34.8 Å². The molecule has 170 valence electrons. The Kier molecular flexibility index (Phi) is 6.86. The third-order valence-electron chi connectivity index (χ3n) is 5.03. The molecule has 2 aliphatic rings. The van der Waals surface area contributed by atoms with E-state index in [0.717, 1.165) is 30.6 Å². The van der Waals surface area contributed by atoms with E-state index in [4.69, 9.17) is 15.6 Å². The molecule has 13 heteroatoms. The SMILES string of the molecule is N[C@H]1C[C@@H](N2Cc3cn[nH]c3C2)CS[C@@H]1c1cc(F)cc(F)c1F.O=C(O)C(F)(F)F. The number of fused-ring (bicyclic) bond motifs is 1. The number of nitrogens with two attached hydrogens (primary N) is 1. The average molecular weight is 468 g/mol. The molecule has 6 nitrogen and oxygen atoms in total. The lowest BCUT2D eigenvalue weighted by atomic mass is 9.98. The van der Waals surface area contributed by atoms with Gasteiger partial charge >= 0.3 is 12.1 Å². The first-order valence-electron chi connectivity index (χ1n) is 9.04. The molecule has 1 fully saturated rings. The molecule has 2 aromatic rings. The summed E-state index contributed by atoms with van der Waals surface area (Å²) in [5, 5.41) is 13.7. The van der Waals surface area contributed by atoms with Crippen LogP contribution in [0.3, 0.4) is 0 Å². The van der Waals surface area contributed by atoms with Gasteiger partial charge in [-0.2, -0.15) is 30.0 Å². The fourth-order valence-corrected chi connectivity index (χ4v) is 5.03. The second-order valence-electron chi connectivity index (χ2n) is 7.18. The van der Waals surface area contributed by atoms with E-state index in [1.165, 1.54) is 17.3 Å². The highest BCUT2D eigenvalue weighted by Gasteiger charge is 2.38. The third kappa shape index (κ3) is 5.33. The number of hydrogen-bond acceptors (Lipinski definition) is 5. The van der Waals surface area contributed by atoms with Crippen LogP contribution in [-0.2, 0) is 17.9 Å². The Hall–Kier alpha value is -2.25. The molecule has 0 radical (unpaired) electrons. The first kappa shape index (κ1) is 23.4. The molecule has 0 bridgehead atoms. The van der Waals surface area contributed by atoms with Crippen molar-refractivity contribution in [2.75, 3.05) is 5.75 Å². The van der Waals surface area contributed by atoms with Crippen LogP contribution in [0.4, 0.5) is 26.3 Å². The van der Waals surface area contributed by atoms with Gasteiger partial charge in [-0.15, -0.1) is 0 Å². The summed E-state index contributed by atoms with van der Waals surface area (Å²) in [4.78, 5) is 11.2.